The lowest BCUT2D eigenvalue weighted by Crippen LogP contribution is -1.85. The van der Waals surface area contributed by atoms with Crippen LogP contribution in [0.25, 0.3) is 0 Å². The van der Waals surface area contributed by atoms with E-state index >= 15 is 0 Å². The first-order chi connectivity index (χ1) is 12.1. The highest BCUT2D eigenvalue weighted by Crippen LogP contribution is 1.82. The standard InChI is InChI=1S/C6H12O.C4H10O2.C4H8O.C4H8.C3H8/c1-2-3-4-5-6-7;5-3-1-2-4-6;1-2-3-4-5;1-3-4-2;1-3-2/h3-4,7H,2,5-6H2,1H3;5-6H,1-4H2;2,5H,1,3-4H2;3H,1,4H2,2H3;3H2,1-2H3/b4-3+;;;;. The highest BCUT2D eigenvalue weighted by Gasteiger charge is 1.77. The molecule has 0 aliphatic rings. The molecule has 4 heteroatoms. The molecular formula is C21H46O4. The van der Waals surface area contributed by atoms with E-state index in [1.165, 1.54) is 6.42 Å². The molecule has 0 heterocycles. The topological polar surface area (TPSA) is 80.9 Å². The number of unbranched alkanes of at least 4 members (excludes halogenated alkanes) is 1. The molecule has 0 fully saturated rings. The van der Waals surface area contributed by atoms with Gasteiger partial charge in [-0.1, -0.05) is 58.4 Å². The lowest BCUT2D eigenvalue weighted by molar-refractivity contribution is 0.242. The van der Waals surface area contributed by atoms with Gasteiger partial charge in [0.15, 0.2) is 0 Å². The SMILES string of the molecule is C=CCC.C=CCCO.CC/C=C/CCO.CCC.OCCCCO. The lowest BCUT2D eigenvalue weighted by atomic mass is 10.3. The van der Waals surface area contributed by atoms with E-state index in [2.05, 4.69) is 46.9 Å². The second-order valence-corrected chi connectivity index (χ2v) is 4.75. The maximum Gasteiger partial charge on any atom is 0.0465 e. The average molecular weight is 363 g/mol. The summed E-state index contributed by atoms with van der Waals surface area (Å²) in [6.45, 7) is 16.1. The molecule has 0 aromatic rings. The molecular weight excluding hydrogens is 316 g/mol. The molecule has 0 aliphatic carbocycles. The summed E-state index contributed by atoms with van der Waals surface area (Å²) >= 11 is 0. The first-order valence-electron chi connectivity index (χ1n) is 9.38. The fourth-order valence-corrected chi connectivity index (χ4v) is 0.674. The Balaban J connectivity index is -0.0000000687. The van der Waals surface area contributed by atoms with Crippen molar-refractivity contribution < 1.29 is 20.4 Å². The number of rotatable bonds is 9. The summed E-state index contributed by atoms with van der Waals surface area (Å²) in [6, 6.07) is 0. The molecule has 0 saturated heterocycles. The van der Waals surface area contributed by atoms with Gasteiger partial charge in [-0.25, -0.2) is 0 Å². The summed E-state index contributed by atoms with van der Waals surface area (Å²) < 4.78 is 0. The molecule has 154 valence electrons. The fraction of sp³-hybridized carbons (Fsp3) is 0.714. The van der Waals surface area contributed by atoms with E-state index in [0.717, 1.165) is 32.1 Å². The Morgan fingerprint density at radius 1 is 0.600 bits per heavy atom. The predicted molar refractivity (Wildman–Crippen MR) is 113 cm³/mol. The normalized spacial score (nSPS) is 8.32. The van der Waals surface area contributed by atoms with Crippen molar-refractivity contribution in [2.75, 3.05) is 26.4 Å². The minimum atomic E-state index is 0.195. The number of hydrogen-bond donors (Lipinski definition) is 4. The van der Waals surface area contributed by atoms with E-state index in [9.17, 15) is 0 Å². The van der Waals surface area contributed by atoms with Crippen molar-refractivity contribution in [2.45, 2.75) is 72.6 Å². The molecule has 0 rings (SSSR count). The average Bonchev–Trinajstić information content (AvgIpc) is 2.63. The van der Waals surface area contributed by atoms with Crippen molar-refractivity contribution in [3.63, 3.8) is 0 Å². The van der Waals surface area contributed by atoms with E-state index in [1.807, 2.05) is 12.2 Å². The first kappa shape index (κ1) is 35.2. The van der Waals surface area contributed by atoms with Gasteiger partial charge in [0, 0.05) is 26.4 Å². The van der Waals surface area contributed by atoms with Crippen LogP contribution in [-0.2, 0) is 0 Å². The molecule has 25 heavy (non-hydrogen) atoms. The summed E-state index contributed by atoms with van der Waals surface area (Å²) in [6.07, 6.45) is 13.9. The van der Waals surface area contributed by atoms with Crippen molar-refractivity contribution >= 4 is 0 Å². The van der Waals surface area contributed by atoms with Crippen LogP contribution in [0.5, 0.6) is 0 Å². The zero-order valence-corrected chi connectivity index (χ0v) is 17.3. The first-order valence-corrected chi connectivity index (χ1v) is 9.38. The smallest absolute Gasteiger partial charge is 0.0465 e. The van der Waals surface area contributed by atoms with Gasteiger partial charge in [0.25, 0.3) is 0 Å². The van der Waals surface area contributed by atoms with Gasteiger partial charge in [0.1, 0.15) is 0 Å². The summed E-state index contributed by atoms with van der Waals surface area (Å²) in [7, 11) is 0. The fourth-order valence-electron chi connectivity index (χ4n) is 0.674. The van der Waals surface area contributed by atoms with Crippen LogP contribution in [0.3, 0.4) is 0 Å². The number of aliphatic hydroxyl groups excluding tert-OH is 4. The van der Waals surface area contributed by atoms with Gasteiger partial charge in [0.2, 0.25) is 0 Å². The van der Waals surface area contributed by atoms with Gasteiger partial charge in [-0.05, 0) is 38.5 Å². The van der Waals surface area contributed by atoms with Crippen LogP contribution in [0.4, 0.5) is 0 Å². The number of hydrogen-bond acceptors (Lipinski definition) is 4. The Kier molecular flexibility index (Phi) is 80.0. The predicted octanol–water partition coefficient (Wildman–Crippen LogP) is 4.64. The molecule has 0 aromatic heterocycles. The molecule has 0 aliphatic heterocycles. The number of allylic oxidation sites excluding steroid dienone is 2. The zero-order chi connectivity index (χ0) is 20.6. The third kappa shape index (κ3) is 125. The van der Waals surface area contributed by atoms with E-state index in [1.54, 1.807) is 6.08 Å². The zero-order valence-electron chi connectivity index (χ0n) is 17.3. The van der Waals surface area contributed by atoms with E-state index in [-0.39, 0.29) is 26.4 Å². The number of aliphatic hydroxyl groups is 4. The van der Waals surface area contributed by atoms with Crippen molar-refractivity contribution in [1.82, 2.24) is 0 Å². The van der Waals surface area contributed by atoms with Crippen LogP contribution >= 0.6 is 0 Å². The van der Waals surface area contributed by atoms with Crippen LogP contribution in [0.2, 0.25) is 0 Å². The minimum Gasteiger partial charge on any atom is -0.396 e. The minimum absolute atomic E-state index is 0.195. The van der Waals surface area contributed by atoms with Crippen molar-refractivity contribution in [2.24, 2.45) is 0 Å². The highest BCUT2D eigenvalue weighted by molar-refractivity contribution is 4.79. The van der Waals surface area contributed by atoms with Gasteiger partial charge >= 0.3 is 0 Å². The molecule has 0 atom stereocenters. The molecule has 0 radical (unpaired) electrons. The van der Waals surface area contributed by atoms with Crippen LogP contribution in [0.1, 0.15) is 72.6 Å². The second-order valence-electron chi connectivity index (χ2n) is 4.75. The van der Waals surface area contributed by atoms with Crippen LogP contribution < -0.4 is 0 Å². The van der Waals surface area contributed by atoms with Crippen molar-refractivity contribution in [3.8, 4) is 0 Å². The molecule has 0 unspecified atom stereocenters. The summed E-state index contributed by atoms with van der Waals surface area (Å²) in [5.41, 5.74) is 0. The molecule has 4 nitrogen and oxygen atoms in total. The van der Waals surface area contributed by atoms with Crippen molar-refractivity contribution in [3.05, 3.63) is 37.5 Å². The summed E-state index contributed by atoms with van der Waals surface area (Å²) in [5, 5.41) is 32.4. The quantitative estimate of drug-likeness (QED) is 0.356. The Morgan fingerprint density at radius 3 is 1.16 bits per heavy atom. The Hall–Kier alpha value is -0.940. The molecule has 0 aromatic carbocycles. The third-order valence-electron chi connectivity index (χ3n) is 1.89. The molecule has 0 saturated carbocycles. The van der Waals surface area contributed by atoms with Crippen LogP contribution in [0, 0.1) is 0 Å². The molecule has 0 bridgehead atoms. The largest absolute Gasteiger partial charge is 0.396 e. The molecule has 0 spiro atoms. The van der Waals surface area contributed by atoms with Gasteiger partial charge in [-0.15, -0.1) is 13.2 Å². The Bertz CT molecular complexity index is 200. The van der Waals surface area contributed by atoms with E-state index in [0.29, 0.717) is 6.42 Å². The molecule has 0 amide bonds. The van der Waals surface area contributed by atoms with Gasteiger partial charge < -0.3 is 20.4 Å². The van der Waals surface area contributed by atoms with E-state index in [4.69, 9.17) is 20.4 Å². The molecule has 4 N–H and O–H groups in total. The van der Waals surface area contributed by atoms with E-state index < -0.39 is 0 Å². The van der Waals surface area contributed by atoms with Gasteiger partial charge in [-0.2, -0.15) is 0 Å². The summed E-state index contributed by atoms with van der Waals surface area (Å²) in [4.78, 5) is 0. The van der Waals surface area contributed by atoms with Crippen molar-refractivity contribution in [1.29, 1.82) is 0 Å². The maximum absolute atomic E-state index is 8.24. The Labute approximate surface area is 157 Å². The summed E-state index contributed by atoms with van der Waals surface area (Å²) in [5.74, 6) is 0. The maximum atomic E-state index is 8.24. The van der Waals surface area contributed by atoms with Gasteiger partial charge in [-0.3, -0.25) is 0 Å². The third-order valence-corrected chi connectivity index (χ3v) is 1.89. The Morgan fingerprint density at radius 2 is 1.00 bits per heavy atom. The van der Waals surface area contributed by atoms with Crippen LogP contribution in [0.15, 0.2) is 37.5 Å². The van der Waals surface area contributed by atoms with Crippen LogP contribution in [-0.4, -0.2) is 46.9 Å². The second kappa shape index (κ2) is 56.8. The van der Waals surface area contributed by atoms with Gasteiger partial charge in [0.05, 0.1) is 0 Å². The highest BCUT2D eigenvalue weighted by atomic mass is 16.3. The monoisotopic (exact) mass is 362 g/mol. The lowest BCUT2D eigenvalue weighted by Gasteiger charge is -1.85.